The van der Waals surface area contributed by atoms with E-state index in [0.717, 1.165) is 5.56 Å². The molecule has 0 bridgehead atoms. The first kappa shape index (κ1) is 12.7. The standard InChI is InChI=1S/C12H16O4/c1-7-3-9(5-8(2)14)11(6-13)10(4-7)12(15)16/h3-4,8,13-14H,5-6H2,1-2H3,(H,15,16). The molecule has 0 aliphatic carbocycles. The molecule has 0 saturated heterocycles. The van der Waals surface area contributed by atoms with Gasteiger partial charge in [0.15, 0.2) is 0 Å². The number of aliphatic hydroxyl groups excluding tert-OH is 2. The lowest BCUT2D eigenvalue weighted by Gasteiger charge is -2.13. The van der Waals surface area contributed by atoms with Crippen molar-refractivity contribution < 1.29 is 20.1 Å². The maximum absolute atomic E-state index is 11.0. The van der Waals surface area contributed by atoms with Gasteiger partial charge in [0.25, 0.3) is 0 Å². The molecular weight excluding hydrogens is 208 g/mol. The van der Waals surface area contributed by atoms with Crippen molar-refractivity contribution >= 4 is 5.97 Å². The third-order valence-corrected chi connectivity index (χ3v) is 2.39. The molecular formula is C12H16O4. The van der Waals surface area contributed by atoms with Gasteiger partial charge >= 0.3 is 5.97 Å². The van der Waals surface area contributed by atoms with Crippen LogP contribution < -0.4 is 0 Å². The van der Waals surface area contributed by atoms with Gasteiger partial charge in [-0.2, -0.15) is 0 Å². The number of aliphatic hydroxyl groups is 2. The quantitative estimate of drug-likeness (QED) is 0.716. The number of rotatable bonds is 4. The first-order valence-electron chi connectivity index (χ1n) is 5.10. The first-order valence-corrected chi connectivity index (χ1v) is 5.10. The van der Waals surface area contributed by atoms with Crippen LogP contribution in [0.5, 0.6) is 0 Å². The summed E-state index contributed by atoms with van der Waals surface area (Å²) in [4.78, 5) is 11.0. The summed E-state index contributed by atoms with van der Waals surface area (Å²) in [6.45, 7) is 3.09. The van der Waals surface area contributed by atoms with Gasteiger partial charge in [0, 0.05) is 0 Å². The fourth-order valence-electron chi connectivity index (χ4n) is 1.77. The highest BCUT2D eigenvalue weighted by Gasteiger charge is 2.15. The van der Waals surface area contributed by atoms with Crippen LogP contribution in [0.1, 0.15) is 34.0 Å². The second kappa shape index (κ2) is 5.09. The monoisotopic (exact) mass is 224 g/mol. The van der Waals surface area contributed by atoms with Gasteiger partial charge in [-0.25, -0.2) is 4.79 Å². The molecule has 0 aromatic heterocycles. The number of aromatic carboxylic acids is 1. The van der Waals surface area contributed by atoms with Crippen LogP contribution in [-0.4, -0.2) is 27.4 Å². The lowest BCUT2D eigenvalue weighted by atomic mass is 9.95. The van der Waals surface area contributed by atoms with Crippen molar-refractivity contribution in [2.75, 3.05) is 0 Å². The minimum atomic E-state index is -1.06. The highest BCUT2D eigenvalue weighted by molar-refractivity contribution is 5.90. The minimum absolute atomic E-state index is 0.109. The largest absolute Gasteiger partial charge is 0.478 e. The minimum Gasteiger partial charge on any atom is -0.478 e. The van der Waals surface area contributed by atoms with E-state index in [-0.39, 0.29) is 12.2 Å². The molecule has 1 rings (SSSR count). The Hall–Kier alpha value is -1.39. The Labute approximate surface area is 94.2 Å². The van der Waals surface area contributed by atoms with Crippen molar-refractivity contribution in [1.82, 2.24) is 0 Å². The van der Waals surface area contributed by atoms with Crippen LogP contribution in [0.25, 0.3) is 0 Å². The SMILES string of the molecule is Cc1cc(CC(C)O)c(CO)c(C(=O)O)c1. The topological polar surface area (TPSA) is 77.8 Å². The highest BCUT2D eigenvalue weighted by Crippen LogP contribution is 2.19. The van der Waals surface area contributed by atoms with Crippen LogP contribution in [0.3, 0.4) is 0 Å². The fraction of sp³-hybridized carbons (Fsp3) is 0.417. The Morgan fingerprint density at radius 2 is 2.06 bits per heavy atom. The molecule has 4 nitrogen and oxygen atoms in total. The molecule has 1 unspecified atom stereocenters. The summed E-state index contributed by atoms with van der Waals surface area (Å²) in [6, 6.07) is 3.32. The highest BCUT2D eigenvalue weighted by atomic mass is 16.4. The summed E-state index contributed by atoms with van der Waals surface area (Å²) in [7, 11) is 0. The van der Waals surface area contributed by atoms with E-state index in [2.05, 4.69) is 0 Å². The molecule has 0 spiro atoms. The van der Waals surface area contributed by atoms with Crippen LogP contribution >= 0.6 is 0 Å². The third-order valence-electron chi connectivity index (χ3n) is 2.39. The van der Waals surface area contributed by atoms with E-state index < -0.39 is 12.1 Å². The molecule has 4 heteroatoms. The summed E-state index contributed by atoms with van der Waals surface area (Å²) in [5, 5.41) is 27.5. The van der Waals surface area contributed by atoms with E-state index in [0.29, 0.717) is 17.5 Å². The van der Waals surface area contributed by atoms with Crippen molar-refractivity contribution in [3.8, 4) is 0 Å². The number of carboxylic acids is 1. The van der Waals surface area contributed by atoms with E-state index in [9.17, 15) is 15.0 Å². The van der Waals surface area contributed by atoms with Crippen LogP contribution in [0.15, 0.2) is 12.1 Å². The summed E-state index contributed by atoms with van der Waals surface area (Å²) >= 11 is 0. The number of carboxylic acid groups (broad SMARTS) is 1. The van der Waals surface area contributed by atoms with Crippen molar-refractivity contribution in [3.05, 3.63) is 34.4 Å². The maximum atomic E-state index is 11.0. The summed E-state index contributed by atoms with van der Waals surface area (Å²) in [5.74, 6) is -1.06. The fourth-order valence-corrected chi connectivity index (χ4v) is 1.77. The van der Waals surface area contributed by atoms with E-state index in [1.807, 2.05) is 0 Å². The van der Waals surface area contributed by atoms with Crippen molar-refractivity contribution in [3.63, 3.8) is 0 Å². The van der Waals surface area contributed by atoms with Gasteiger partial charge in [-0.05, 0) is 43.0 Å². The third kappa shape index (κ3) is 2.81. The summed E-state index contributed by atoms with van der Waals surface area (Å²) in [6.07, 6.45) is -0.216. The van der Waals surface area contributed by atoms with Crippen LogP contribution in [0, 0.1) is 6.92 Å². The number of carbonyl (C=O) groups is 1. The van der Waals surface area contributed by atoms with Crippen LogP contribution in [0.4, 0.5) is 0 Å². The Morgan fingerprint density at radius 3 is 2.50 bits per heavy atom. The molecule has 88 valence electrons. The molecule has 1 atom stereocenters. The van der Waals surface area contributed by atoms with E-state index in [1.54, 1.807) is 19.9 Å². The number of benzene rings is 1. The molecule has 1 aromatic rings. The predicted molar refractivity (Wildman–Crippen MR) is 59.4 cm³/mol. The second-order valence-electron chi connectivity index (χ2n) is 3.97. The molecule has 0 radical (unpaired) electrons. The van der Waals surface area contributed by atoms with E-state index in [1.165, 1.54) is 6.07 Å². The van der Waals surface area contributed by atoms with Gasteiger partial charge in [0.1, 0.15) is 0 Å². The Kier molecular flexibility index (Phi) is 4.04. The van der Waals surface area contributed by atoms with Gasteiger partial charge in [-0.3, -0.25) is 0 Å². The summed E-state index contributed by atoms with van der Waals surface area (Å²) < 4.78 is 0. The maximum Gasteiger partial charge on any atom is 0.336 e. The zero-order chi connectivity index (χ0) is 12.3. The molecule has 1 aromatic carbocycles. The van der Waals surface area contributed by atoms with Crippen molar-refractivity contribution in [1.29, 1.82) is 0 Å². The number of hydrogen-bond donors (Lipinski definition) is 3. The molecule has 16 heavy (non-hydrogen) atoms. The normalized spacial score (nSPS) is 12.5. The molecule has 0 aliphatic heterocycles. The van der Waals surface area contributed by atoms with Gasteiger partial charge in [0.2, 0.25) is 0 Å². The zero-order valence-electron chi connectivity index (χ0n) is 9.40. The van der Waals surface area contributed by atoms with Gasteiger partial charge in [-0.1, -0.05) is 6.07 Å². The molecule has 0 amide bonds. The number of hydrogen-bond acceptors (Lipinski definition) is 3. The first-order chi connectivity index (χ1) is 7.45. The Morgan fingerprint density at radius 1 is 1.44 bits per heavy atom. The molecule has 0 saturated carbocycles. The molecule has 0 heterocycles. The van der Waals surface area contributed by atoms with Gasteiger partial charge < -0.3 is 15.3 Å². The Bertz CT molecular complexity index is 396. The molecule has 0 fully saturated rings. The molecule has 0 aliphatic rings. The average Bonchev–Trinajstić information content (AvgIpc) is 2.15. The smallest absolute Gasteiger partial charge is 0.336 e. The zero-order valence-corrected chi connectivity index (χ0v) is 9.40. The van der Waals surface area contributed by atoms with Crippen molar-refractivity contribution in [2.45, 2.75) is 33.0 Å². The molecule has 3 N–H and O–H groups in total. The predicted octanol–water partition coefficient (Wildman–Crippen LogP) is 1.11. The van der Waals surface area contributed by atoms with Crippen molar-refractivity contribution in [2.24, 2.45) is 0 Å². The number of aryl methyl sites for hydroxylation is 1. The lowest BCUT2D eigenvalue weighted by molar-refractivity contribution is 0.0692. The average molecular weight is 224 g/mol. The Balaban J connectivity index is 3.30. The van der Waals surface area contributed by atoms with Gasteiger partial charge in [-0.15, -0.1) is 0 Å². The second-order valence-corrected chi connectivity index (χ2v) is 3.97. The van der Waals surface area contributed by atoms with Gasteiger partial charge in [0.05, 0.1) is 18.3 Å². The lowest BCUT2D eigenvalue weighted by Crippen LogP contribution is -2.12. The summed E-state index contributed by atoms with van der Waals surface area (Å²) in [5.41, 5.74) is 2.00. The van der Waals surface area contributed by atoms with E-state index >= 15 is 0 Å². The van der Waals surface area contributed by atoms with Crippen LogP contribution in [-0.2, 0) is 13.0 Å². The van der Waals surface area contributed by atoms with E-state index in [4.69, 9.17) is 5.11 Å². The van der Waals surface area contributed by atoms with Crippen LogP contribution in [0.2, 0.25) is 0 Å².